The molecule has 2 aromatic heterocycles. The third kappa shape index (κ3) is 3.05. The first kappa shape index (κ1) is 13.7. The second-order valence-electron chi connectivity index (χ2n) is 5.10. The average Bonchev–Trinajstić information content (AvgIpc) is 3.01. The van der Waals surface area contributed by atoms with Crippen molar-refractivity contribution in [3.05, 3.63) is 28.2 Å². The lowest BCUT2D eigenvalue weighted by Gasteiger charge is -2.08. The molecule has 0 amide bonds. The minimum Gasteiger partial charge on any atom is -0.303 e. The highest BCUT2D eigenvalue weighted by molar-refractivity contribution is 7.99. The Bertz CT molecular complexity index is 608. The van der Waals surface area contributed by atoms with Crippen molar-refractivity contribution >= 4 is 23.1 Å². The Hall–Kier alpha value is -1.32. The van der Waals surface area contributed by atoms with Crippen LogP contribution in [0.4, 0.5) is 0 Å². The van der Waals surface area contributed by atoms with Gasteiger partial charge in [0, 0.05) is 23.1 Å². The smallest absolute Gasteiger partial charge is 0.191 e. The first-order valence-electron chi connectivity index (χ1n) is 6.76. The lowest BCUT2D eigenvalue weighted by atomic mass is 10.3. The molecule has 0 aliphatic heterocycles. The van der Waals surface area contributed by atoms with Gasteiger partial charge in [0.25, 0.3) is 0 Å². The summed E-state index contributed by atoms with van der Waals surface area (Å²) in [5.74, 6) is 1.88. The van der Waals surface area contributed by atoms with Crippen LogP contribution in [0, 0.1) is 17.2 Å². The normalized spacial score (nSPS) is 16.0. The molecule has 0 unspecified atom stereocenters. The summed E-state index contributed by atoms with van der Waals surface area (Å²) in [7, 11) is 0. The lowest BCUT2D eigenvalue weighted by Crippen LogP contribution is -2.04. The Balaban J connectivity index is 1.77. The minimum atomic E-state index is 0.0464. The largest absolute Gasteiger partial charge is 0.303 e. The maximum atomic E-state index is 8.88. The molecule has 4 nitrogen and oxygen atoms in total. The number of aromatic nitrogens is 3. The number of rotatable bonds is 6. The maximum Gasteiger partial charge on any atom is 0.191 e. The molecule has 1 aliphatic rings. The van der Waals surface area contributed by atoms with E-state index in [1.54, 1.807) is 23.1 Å². The van der Waals surface area contributed by atoms with Crippen molar-refractivity contribution in [2.24, 2.45) is 5.92 Å². The van der Waals surface area contributed by atoms with Crippen LogP contribution in [-0.2, 0) is 6.42 Å². The topological polar surface area (TPSA) is 54.5 Å². The third-order valence-electron chi connectivity index (χ3n) is 3.24. The fraction of sp³-hybridized carbons (Fsp3) is 0.500. The van der Waals surface area contributed by atoms with Gasteiger partial charge in [-0.1, -0.05) is 17.8 Å². The van der Waals surface area contributed by atoms with E-state index < -0.39 is 0 Å². The van der Waals surface area contributed by atoms with Gasteiger partial charge in [-0.05, 0) is 31.2 Å². The zero-order chi connectivity index (χ0) is 13.9. The first-order valence-corrected chi connectivity index (χ1v) is 8.63. The van der Waals surface area contributed by atoms with Crippen LogP contribution in [0.5, 0.6) is 0 Å². The van der Waals surface area contributed by atoms with E-state index >= 15 is 0 Å². The molecule has 1 aliphatic carbocycles. The summed E-state index contributed by atoms with van der Waals surface area (Å²) < 4.78 is 2.29. The molecule has 3 rings (SSSR count). The van der Waals surface area contributed by atoms with E-state index in [0.29, 0.717) is 6.04 Å². The standard InChI is InChI=1S/C14H16N4S2/c1-10(8-15)9-20-14-17-16-13(18(14)11-4-5-11)7-12-3-2-6-19-12/h2-3,6,10-11H,4-5,7,9H2,1H3/t10-/m1/s1. The molecule has 6 heteroatoms. The highest BCUT2D eigenvalue weighted by Gasteiger charge is 2.29. The van der Waals surface area contributed by atoms with Gasteiger partial charge in [-0.2, -0.15) is 5.26 Å². The first-order chi connectivity index (χ1) is 9.78. The van der Waals surface area contributed by atoms with Crippen LogP contribution in [0.15, 0.2) is 22.7 Å². The Kier molecular flexibility index (Phi) is 4.08. The third-order valence-corrected chi connectivity index (χ3v) is 5.32. The quantitative estimate of drug-likeness (QED) is 0.766. The average molecular weight is 304 g/mol. The van der Waals surface area contributed by atoms with Crippen molar-refractivity contribution in [1.82, 2.24) is 14.8 Å². The second kappa shape index (κ2) is 5.98. The molecule has 0 bridgehead atoms. The fourth-order valence-corrected chi connectivity index (χ4v) is 3.70. The van der Waals surface area contributed by atoms with Gasteiger partial charge < -0.3 is 4.57 Å². The Morgan fingerprint density at radius 2 is 2.40 bits per heavy atom. The van der Waals surface area contributed by atoms with Gasteiger partial charge in [0.1, 0.15) is 5.82 Å². The highest BCUT2D eigenvalue weighted by atomic mass is 32.2. The van der Waals surface area contributed by atoms with Gasteiger partial charge in [-0.25, -0.2) is 0 Å². The van der Waals surface area contributed by atoms with Gasteiger partial charge in [-0.15, -0.1) is 21.5 Å². The SMILES string of the molecule is C[C@H](C#N)CSc1nnc(Cc2cccs2)n1C1CC1. The minimum absolute atomic E-state index is 0.0464. The van der Waals surface area contributed by atoms with E-state index in [4.69, 9.17) is 5.26 Å². The monoisotopic (exact) mass is 304 g/mol. The Morgan fingerprint density at radius 1 is 1.55 bits per heavy atom. The number of hydrogen-bond donors (Lipinski definition) is 0. The van der Waals surface area contributed by atoms with Gasteiger partial charge in [0.15, 0.2) is 5.16 Å². The molecular weight excluding hydrogens is 288 g/mol. The van der Waals surface area contributed by atoms with Crippen molar-refractivity contribution < 1.29 is 0 Å². The van der Waals surface area contributed by atoms with E-state index in [2.05, 4.69) is 38.3 Å². The second-order valence-corrected chi connectivity index (χ2v) is 7.12. The zero-order valence-electron chi connectivity index (χ0n) is 11.3. The van der Waals surface area contributed by atoms with Gasteiger partial charge in [0.2, 0.25) is 0 Å². The molecule has 1 atom stereocenters. The molecule has 0 radical (unpaired) electrons. The summed E-state index contributed by atoms with van der Waals surface area (Å²) in [6, 6.07) is 7.05. The van der Waals surface area contributed by atoms with Crippen LogP contribution in [-0.4, -0.2) is 20.5 Å². The molecule has 2 heterocycles. The van der Waals surface area contributed by atoms with Crippen LogP contribution >= 0.6 is 23.1 Å². The van der Waals surface area contributed by atoms with Crippen LogP contribution < -0.4 is 0 Å². The summed E-state index contributed by atoms with van der Waals surface area (Å²) in [6.07, 6.45) is 3.29. The lowest BCUT2D eigenvalue weighted by molar-refractivity contribution is 0.634. The van der Waals surface area contributed by atoms with Gasteiger partial charge in [-0.3, -0.25) is 0 Å². The maximum absolute atomic E-state index is 8.88. The molecular formula is C14H16N4S2. The molecule has 0 spiro atoms. The number of nitriles is 1. The van der Waals surface area contributed by atoms with Crippen molar-refractivity contribution in [3.8, 4) is 6.07 Å². The van der Waals surface area contributed by atoms with E-state index in [9.17, 15) is 0 Å². The van der Waals surface area contributed by atoms with Crippen LogP contribution in [0.25, 0.3) is 0 Å². The van der Waals surface area contributed by atoms with E-state index in [0.717, 1.165) is 23.2 Å². The number of nitrogens with zero attached hydrogens (tertiary/aromatic N) is 4. The molecule has 20 heavy (non-hydrogen) atoms. The predicted octanol–water partition coefficient (Wildman–Crippen LogP) is 3.52. The van der Waals surface area contributed by atoms with Crippen molar-refractivity contribution in [1.29, 1.82) is 5.26 Å². The number of thioether (sulfide) groups is 1. The molecule has 1 fully saturated rings. The van der Waals surface area contributed by atoms with E-state index in [1.165, 1.54) is 17.7 Å². The summed E-state index contributed by atoms with van der Waals surface area (Å²) in [6.45, 7) is 1.94. The molecule has 0 aromatic carbocycles. The molecule has 0 N–H and O–H groups in total. The zero-order valence-corrected chi connectivity index (χ0v) is 13.0. The summed E-state index contributed by atoms with van der Waals surface area (Å²) in [5, 5.41) is 20.7. The number of thiophene rings is 1. The summed E-state index contributed by atoms with van der Waals surface area (Å²) >= 11 is 3.41. The van der Waals surface area contributed by atoms with Gasteiger partial charge in [0.05, 0.1) is 12.0 Å². The fourth-order valence-electron chi connectivity index (χ4n) is 2.03. The summed E-state index contributed by atoms with van der Waals surface area (Å²) in [4.78, 5) is 1.32. The van der Waals surface area contributed by atoms with Crippen LogP contribution in [0.2, 0.25) is 0 Å². The molecule has 1 saturated carbocycles. The summed E-state index contributed by atoms with van der Waals surface area (Å²) in [5.41, 5.74) is 0. The number of hydrogen-bond acceptors (Lipinski definition) is 5. The Morgan fingerprint density at radius 3 is 3.05 bits per heavy atom. The molecule has 0 saturated heterocycles. The van der Waals surface area contributed by atoms with Crippen LogP contribution in [0.1, 0.15) is 36.5 Å². The van der Waals surface area contributed by atoms with E-state index in [-0.39, 0.29) is 5.92 Å². The van der Waals surface area contributed by atoms with E-state index in [1.807, 2.05) is 6.92 Å². The van der Waals surface area contributed by atoms with Gasteiger partial charge >= 0.3 is 0 Å². The van der Waals surface area contributed by atoms with Crippen molar-refractivity contribution in [2.75, 3.05) is 5.75 Å². The highest BCUT2D eigenvalue weighted by Crippen LogP contribution is 2.39. The van der Waals surface area contributed by atoms with Crippen LogP contribution in [0.3, 0.4) is 0 Å². The Labute approximate surface area is 126 Å². The van der Waals surface area contributed by atoms with Crippen molar-refractivity contribution in [2.45, 2.75) is 37.4 Å². The van der Waals surface area contributed by atoms with Crippen molar-refractivity contribution in [3.63, 3.8) is 0 Å². The predicted molar refractivity (Wildman–Crippen MR) is 80.9 cm³/mol. The molecule has 2 aromatic rings. The molecule has 104 valence electrons.